The molecular weight excluding hydrogens is 496 g/mol. The highest BCUT2D eigenvalue weighted by atomic mass is 35.5. The molecular formula is C27H31ClN4O3S. The summed E-state index contributed by atoms with van der Waals surface area (Å²) in [5, 5.41) is 5.41. The van der Waals surface area contributed by atoms with E-state index < -0.39 is 0 Å². The smallest absolute Gasteiger partial charge is 0.234 e. The van der Waals surface area contributed by atoms with Crippen LogP contribution in [0.15, 0.2) is 18.2 Å². The first-order valence-corrected chi connectivity index (χ1v) is 13.7. The molecule has 0 N–H and O–H groups in total. The summed E-state index contributed by atoms with van der Waals surface area (Å²) in [5.74, 6) is 0.440. The van der Waals surface area contributed by atoms with Crippen LogP contribution < -0.4 is 4.74 Å². The minimum atomic E-state index is -0.199. The molecule has 0 radical (unpaired) electrons. The number of amides is 2. The molecule has 3 aliphatic rings. The summed E-state index contributed by atoms with van der Waals surface area (Å²) in [5.41, 5.74) is 3.51. The van der Waals surface area contributed by atoms with E-state index in [4.69, 9.17) is 21.4 Å². The molecule has 6 rings (SSSR count). The van der Waals surface area contributed by atoms with Crippen LogP contribution >= 0.6 is 22.9 Å². The first-order chi connectivity index (χ1) is 17.1. The van der Waals surface area contributed by atoms with Crippen molar-refractivity contribution in [3.63, 3.8) is 0 Å². The van der Waals surface area contributed by atoms with Gasteiger partial charge in [-0.2, -0.15) is 5.10 Å². The van der Waals surface area contributed by atoms with E-state index >= 15 is 0 Å². The zero-order valence-electron chi connectivity index (χ0n) is 21.3. The third kappa shape index (κ3) is 3.68. The molecule has 1 aliphatic carbocycles. The van der Waals surface area contributed by atoms with Crippen molar-refractivity contribution in [1.82, 2.24) is 19.6 Å². The fraction of sp³-hybridized carbons (Fsp3) is 0.519. The molecule has 2 aromatic heterocycles. The van der Waals surface area contributed by atoms with Gasteiger partial charge < -0.3 is 9.64 Å². The number of aromatic nitrogens is 2. The maximum Gasteiger partial charge on any atom is 0.234 e. The predicted octanol–water partition coefficient (Wildman–Crippen LogP) is 4.88. The monoisotopic (exact) mass is 526 g/mol. The fourth-order valence-electron chi connectivity index (χ4n) is 6.06. The van der Waals surface area contributed by atoms with Gasteiger partial charge in [0.05, 0.1) is 28.8 Å². The van der Waals surface area contributed by atoms with Gasteiger partial charge in [-0.15, -0.1) is 11.3 Å². The van der Waals surface area contributed by atoms with Crippen LogP contribution in [0, 0.1) is 24.2 Å². The molecule has 2 atom stereocenters. The summed E-state index contributed by atoms with van der Waals surface area (Å²) in [6.07, 6.45) is 2.13. The number of piperidine rings is 2. The average Bonchev–Trinajstić information content (AvgIpc) is 3.04. The lowest BCUT2D eigenvalue weighted by molar-refractivity contribution is -0.143. The third-order valence-electron chi connectivity index (χ3n) is 8.21. The molecule has 190 valence electrons. The Morgan fingerprint density at radius 1 is 1.11 bits per heavy atom. The third-order valence-corrected chi connectivity index (χ3v) is 9.54. The SMILES string of the molecule is Cc1cc(Cl)cc(-c2c3sc(CN4C(=O)C5C(C4=O)C5(C)C)cc3nn2C)c1OC1CCN(C)CC1. The summed E-state index contributed by atoms with van der Waals surface area (Å²) in [7, 11) is 4.07. The molecule has 0 bridgehead atoms. The summed E-state index contributed by atoms with van der Waals surface area (Å²) in [6.45, 7) is 8.38. The van der Waals surface area contributed by atoms with Gasteiger partial charge in [0.15, 0.2) is 0 Å². The number of benzene rings is 1. The number of nitrogens with zero attached hydrogens (tertiary/aromatic N) is 4. The standard InChI is InChI=1S/C27H31ClN4O3S/c1-14-10-15(28)11-18(23(14)35-16-6-8-30(4)9-7-16)22-24-19(29-31(22)5)12-17(36-24)13-32-25(33)20-21(26(32)34)27(20,2)3/h10-12,16,20-21H,6-9,13H2,1-5H3. The molecule has 4 heterocycles. The van der Waals surface area contributed by atoms with E-state index in [1.54, 1.807) is 11.3 Å². The number of ether oxygens (including phenoxy) is 1. The van der Waals surface area contributed by atoms with E-state index in [0.29, 0.717) is 11.6 Å². The molecule has 9 heteroatoms. The van der Waals surface area contributed by atoms with Gasteiger partial charge in [-0.05, 0) is 56.0 Å². The Kier molecular flexibility index (Phi) is 5.52. The number of carbonyl (C=O) groups excluding carboxylic acids is 2. The van der Waals surface area contributed by atoms with Crippen LogP contribution in [-0.4, -0.2) is 57.6 Å². The van der Waals surface area contributed by atoms with E-state index in [9.17, 15) is 9.59 Å². The van der Waals surface area contributed by atoms with Crippen molar-refractivity contribution in [3.05, 3.63) is 33.7 Å². The molecule has 3 fully saturated rings. The van der Waals surface area contributed by atoms with Gasteiger partial charge in [0.1, 0.15) is 17.4 Å². The van der Waals surface area contributed by atoms with Crippen LogP contribution in [0.25, 0.3) is 21.5 Å². The van der Waals surface area contributed by atoms with Crippen molar-refractivity contribution in [1.29, 1.82) is 0 Å². The number of fused-ring (bicyclic) bond motifs is 2. The number of rotatable bonds is 5. The van der Waals surface area contributed by atoms with Crippen molar-refractivity contribution in [2.75, 3.05) is 20.1 Å². The van der Waals surface area contributed by atoms with Crippen LogP contribution in [0.5, 0.6) is 5.75 Å². The number of hydrogen-bond acceptors (Lipinski definition) is 6. The highest BCUT2D eigenvalue weighted by Crippen LogP contribution is 2.63. The van der Waals surface area contributed by atoms with Crippen LogP contribution in [0.3, 0.4) is 0 Å². The fourth-order valence-corrected chi connectivity index (χ4v) is 7.50. The molecule has 0 spiro atoms. The van der Waals surface area contributed by atoms with E-state index in [1.165, 1.54) is 4.90 Å². The van der Waals surface area contributed by atoms with Gasteiger partial charge in [-0.25, -0.2) is 0 Å². The minimum absolute atomic E-state index is 0.0406. The highest BCUT2D eigenvalue weighted by molar-refractivity contribution is 7.19. The number of thiophene rings is 1. The largest absolute Gasteiger partial charge is 0.489 e. The van der Waals surface area contributed by atoms with E-state index in [0.717, 1.165) is 63.6 Å². The molecule has 2 aliphatic heterocycles. The number of halogens is 1. The van der Waals surface area contributed by atoms with Gasteiger partial charge in [-0.1, -0.05) is 25.4 Å². The van der Waals surface area contributed by atoms with Gasteiger partial charge in [-0.3, -0.25) is 19.2 Å². The van der Waals surface area contributed by atoms with Crippen LogP contribution in [0.2, 0.25) is 5.02 Å². The lowest BCUT2D eigenvalue weighted by Crippen LogP contribution is -2.35. The van der Waals surface area contributed by atoms with Gasteiger partial charge in [0.2, 0.25) is 11.8 Å². The second-order valence-electron chi connectivity index (χ2n) is 11.2. The van der Waals surface area contributed by atoms with Crippen LogP contribution in [-0.2, 0) is 23.2 Å². The van der Waals surface area contributed by atoms with E-state index in [1.807, 2.05) is 50.7 Å². The van der Waals surface area contributed by atoms with Crippen LogP contribution in [0.1, 0.15) is 37.1 Å². The highest BCUT2D eigenvalue weighted by Gasteiger charge is 2.72. The topological polar surface area (TPSA) is 67.7 Å². The maximum atomic E-state index is 12.9. The summed E-state index contributed by atoms with van der Waals surface area (Å²) in [6, 6.07) is 5.89. The van der Waals surface area contributed by atoms with Gasteiger partial charge in [0, 0.05) is 35.6 Å². The van der Waals surface area contributed by atoms with Crippen molar-refractivity contribution < 1.29 is 14.3 Å². The molecule has 1 aromatic carbocycles. The average molecular weight is 527 g/mol. The molecule has 2 saturated heterocycles. The number of hydrogen-bond donors (Lipinski definition) is 0. The molecule has 3 aromatic rings. The van der Waals surface area contributed by atoms with E-state index in [2.05, 4.69) is 11.9 Å². The van der Waals surface area contributed by atoms with Crippen LogP contribution in [0.4, 0.5) is 0 Å². The second-order valence-corrected chi connectivity index (χ2v) is 12.7. The number of likely N-dealkylation sites (tertiary alicyclic amines) is 2. The van der Waals surface area contributed by atoms with Crippen molar-refractivity contribution in [2.45, 2.75) is 46.3 Å². The summed E-state index contributed by atoms with van der Waals surface area (Å²) >= 11 is 8.10. The lowest BCUT2D eigenvalue weighted by atomic mass is 10.0. The summed E-state index contributed by atoms with van der Waals surface area (Å²) < 4.78 is 9.49. The first kappa shape index (κ1) is 23.9. The Labute approximate surface area is 219 Å². The molecule has 1 saturated carbocycles. The number of imide groups is 1. The Bertz CT molecular complexity index is 1380. The van der Waals surface area contributed by atoms with Crippen molar-refractivity contribution in [2.24, 2.45) is 24.3 Å². The Morgan fingerprint density at radius 3 is 2.44 bits per heavy atom. The zero-order chi connectivity index (χ0) is 25.5. The van der Waals surface area contributed by atoms with Crippen molar-refractivity contribution in [3.8, 4) is 17.0 Å². The molecule has 36 heavy (non-hydrogen) atoms. The molecule has 7 nitrogen and oxygen atoms in total. The Hall–Kier alpha value is -2.42. The van der Waals surface area contributed by atoms with Gasteiger partial charge in [0.25, 0.3) is 0 Å². The zero-order valence-corrected chi connectivity index (χ0v) is 22.9. The summed E-state index contributed by atoms with van der Waals surface area (Å²) in [4.78, 5) is 30.4. The molecule has 2 unspecified atom stereocenters. The number of carbonyl (C=O) groups is 2. The normalized spacial score (nSPS) is 24.1. The predicted molar refractivity (Wildman–Crippen MR) is 141 cm³/mol. The maximum absolute atomic E-state index is 12.9. The number of aryl methyl sites for hydroxylation is 2. The lowest BCUT2D eigenvalue weighted by Gasteiger charge is -2.30. The Morgan fingerprint density at radius 2 is 1.78 bits per heavy atom. The minimum Gasteiger partial charge on any atom is -0.489 e. The van der Waals surface area contributed by atoms with E-state index in [-0.39, 0.29) is 35.2 Å². The second kappa shape index (κ2) is 8.30. The van der Waals surface area contributed by atoms with Crippen molar-refractivity contribution >= 4 is 45.0 Å². The quantitative estimate of drug-likeness (QED) is 0.443. The molecule has 2 amide bonds. The first-order valence-electron chi connectivity index (χ1n) is 12.5. The Balaban J connectivity index is 1.34. The van der Waals surface area contributed by atoms with Gasteiger partial charge >= 0.3 is 0 Å².